The minimum atomic E-state index is 0.348. The van der Waals surface area contributed by atoms with Gasteiger partial charge in [0.15, 0.2) is 0 Å². The number of rotatable bonds is 6. The van der Waals surface area contributed by atoms with Crippen molar-refractivity contribution < 1.29 is 0 Å². The fraction of sp³-hybridized carbons (Fsp3) is 1.00. The fourth-order valence-electron chi connectivity index (χ4n) is 2.51. The van der Waals surface area contributed by atoms with Gasteiger partial charge in [0, 0.05) is 12.1 Å². The largest absolute Gasteiger partial charge is 0.310 e. The Labute approximate surface area is 102 Å². The van der Waals surface area contributed by atoms with Crippen LogP contribution in [0.25, 0.3) is 0 Å². The van der Waals surface area contributed by atoms with Crippen LogP contribution < -0.4 is 5.32 Å². The zero-order chi connectivity index (χ0) is 11.9. The predicted molar refractivity (Wildman–Crippen MR) is 71.9 cm³/mol. The lowest BCUT2D eigenvalue weighted by Gasteiger charge is -2.32. The maximum atomic E-state index is 3.70. The van der Waals surface area contributed by atoms with Gasteiger partial charge in [0.25, 0.3) is 0 Å². The highest BCUT2D eigenvalue weighted by Crippen LogP contribution is 2.15. The first-order chi connectivity index (χ1) is 7.70. The Morgan fingerprint density at radius 3 is 2.69 bits per heavy atom. The molecule has 1 aliphatic rings. The molecule has 0 aliphatic carbocycles. The molecule has 0 aromatic carbocycles. The van der Waals surface area contributed by atoms with Gasteiger partial charge in [0.2, 0.25) is 0 Å². The summed E-state index contributed by atoms with van der Waals surface area (Å²) in [5, 5.41) is 3.70. The maximum absolute atomic E-state index is 3.70. The van der Waals surface area contributed by atoms with Gasteiger partial charge in [-0.3, -0.25) is 0 Å². The van der Waals surface area contributed by atoms with Crippen LogP contribution in [0.3, 0.4) is 0 Å². The SMILES string of the molecule is CCCCCCN1CCCNC(C)(CC)C1. The standard InChI is InChI=1S/C14H30N2/c1-4-6-7-8-11-16-12-9-10-15-14(3,5-2)13-16/h15H,4-13H2,1-3H3. The van der Waals surface area contributed by atoms with Crippen LogP contribution >= 0.6 is 0 Å². The molecular weight excluding hydrogens is 196 g/mol. The molecule has 2 nitrogen and oxygen atoms in total. The summed E-state index contributed by atoms with van der Waals surface area (Å²) in [5.74, 6) is 0. The monoisotopic (exact) mass is 226 g/mol. The minimum Gasteiger partial charge on any atom is -0.310 e. The van der Waals surface area contributed by atoms with Gasteiger partial charge in [-0.05, 0) is 45.8 Å². The molecule has 1 fully saturated rings. The Balaban J connectivity index is 2.28. The molecule has 0 aromatic heterocycles. The Morgan fingerprint density at radius 2 is 2.00 bits per heavy atom. The van der Waals surface area contributed by atoms with Gasteiger partial charge in [-0.15, -0.1) is 0 Å². The first-order valence-electron chi connectivity index (χ1n) is 7.17. The molecule has 0 amide bonds. The first kappa shape index (κ1) is 14.0. The molecule has 1 aliphatic heterocycles. The molecular formula is C14H30N2. The Hall–Kier alpha value is -0.0800. The third-order valence-corrected chi connectivity index (χ3v) is 3.88. The molecule has 1 unspecified atom stereocenters. The van der Waals surface area contributed by atoms with Crippen LogP contribution in [0.1, 0.15) is 59.3 Å². The van der Waals surface area contributed by atoms with E-state index in [-0.39, 0.29) is 0 Å². The van der Waals surface area contributed by atoms with E-state index in [2.05, 4.69) is 31.0 Å². The van der Waals surface area contributed by atoms with Crippen LogP contribution in [-0.4, -0.2) is 36.6 Å². The second kappa shape index (κ2) is 7.29. The van der Waals surface area contributed by atoms with Crippen molar-refractivity contribution in [3.63, 3.8) is 0 Å². The fourth-order valence-corrected chi connectivity index (χ4v) is 2.51. The van der Waals surface area contributed by atoms with Gasteiger partial charge in [-0.2, -0.15) is 0 Å². The van der Waals surface area contributed by atoms with Crippen molar-refractivity contribution in [2.24, 2.45) is 0 Å². The second-order valence-corrected chi connectivity index (χ2v) is 5.53. The minimum absolute atomic E-state index is 0.348. The van der Waals surface area contributed by atoms with E-state index < -0.39 is 0 Å². The molecule has 1 N–H and O–H groups in total. The number of hydrogen-bond acceptors (Lipinski definition) is 2. The lowest BCUT2D eigenvalue weighted by atomic mass is 9.98. The van der Waals surface area contributed by atoms with Crippen LogP contribution in [0.2, 0.25) is 0 Å². The number of nitrogens with zero attached hydrogens (tertiary/aromatic N) is 1. The highest BCUT2D eigenvalue weighted by atomic mass is 15.2. The molecule has 2 heteroatoms. The Bertz CT molecular complexity index is 182. The van der Waals surface area contributed by atoms with Crippen molar-refractivity contribution in [2.75, 3.05) is 26.2 Å². The molecule has 1 heterocycles. The van der Waals surface area contributed by atoms with Crippen molar-refractivity contribution in [2.45, 2.75) is 64.8 Å². The average Bonchev–Trinajstić information content (AvgIpc) is 2.47. The van der Waals surface area contributed by atoms with Crippen LogP contribution in [0.5, 0.6) is 0 Å². The molecule has 0 radical (unpaired) electrons. The van der Waals surface area contributed by atoms with Crippen molar-refractivity contribution in [1.29, 1.82) is 0 Å². The van der Waals surface area contributed by atoms with Gasteiger partial charge in [-0.1, -0.05) is 33.1 Å². The number of unbranched alkanes of at least 4 members (excludes halogenated alkanes) is 3. The van der Waals surface area contributed by atoms with E-state index >= 15 is 0 Å². The van der Waals surface area contributed by atoms with Crippen LogP contribution in [0.4, 0.5) is 0 Å². The van der Waals surface area contributed by atoms with Gasteiger partial charge in [0.05, 0.1) is 0 Å². The maximum Gasteiger partial charge on any atom is 0.0277 e. The normalized spacial score (nSPS) is 27.9. The molecule has 1 atom stereocenters. The summed E-state index contributed by atoms with van der Waals surface area (Å²) >= 11 is 0. The molecule has 1 saturated heterocycles. The van der Waals surface area contributed by atoms with Crippen molar-refractivity contribution in [3.8, 4) is 0 Å². The third-order valence-electron chi connectivity index (χ3n) is 3.88. The number of nitrogens with one attached hydrogen (secondary N) is 1. The summed E-state index contributed by atoms with van der Waals surface area (Å²) < 4.78 is 0. The van der Waals surface area contributed by atoms with E-state index in [0.717, 1.165) is 0 Å². The molecule has 16 heavy (non-hydrogen) atoms. The van der Waals surface area contributed by atoms with Gasteiger partial charge >= 0.3 is 0 Å². The van der Waals surface area contributed by atoms with E-state index in [1.807, 2.05) is 0 Å². The van der Waals surface area contributed by atoms with E-state index in [4.69, 9.17) is 0 Å². The number of hydrogen-bond donors (Lipinski definition) is 1. The second-order valence-electron chi connectivity index (χ2n) is 5.53. The molecule has 0 bridgehead atoms. The summed E-state index contributed by atoms with van der Waals surface area (Å²) in [6.07, 6.45) is 8.07. The van der Waals surface area contributed by atoms with Crippen molar-refractivity contribution >= 4 is 0 Å². The molecule has 0 spiro atoms. The quantitative estimate of drug-likeness (QED) is 0.700. The van der Waals surface area contributed by atoms with E-state index in [9.17, 15) is 0 Å². The van der Waals surface area contributed by atoms with Gasteiger partial charge in [-0.25, -0.2) is 0 Å². The summed E-state index contributed by atoms with van der Waals surface area (Å²) in [4.78, 5) is 2.67. The zero-order valence-corrected chi connectivity index (χ0v) is 11.5. The molecule has 96 valence electrons. The Kier molecular flexibility index (Phi) is 6.37. The average molecular weight is 226 g/mol. The summed E-state index contributed by atoms with van der Waals surface area (Å²) in [5.41, 5.74) is 0.348. The van der Waals surface area contributed by atoms with E-state index in [1.165, 1.54) is 64.7 Å². The van der Waals surface area contributed by atoms with Crippen molar-refractivity contribution in [3.05, 3.63) is 0 Å². The van der Waals surface area contributed by atoms with E-state index in [1.54, 1.807) is 0 Å². The summed E-state index contributed by atoms with van der Waals surface area (Å²) in [7, 11) is 0. The van der Waals surface area contributed by atoms with Crippen LogP contribution in [0.15, 0.2) is 0 Å². The van der Waals surface area contributed by atoms with E-state index in [0.29, 0.717) is 5.54 Å². The van der Waals surface area contributed by atoms with Crippen molar-refractivity contribution in [1.82, 2.24) is 10.2 Å². The highest BCUT2D eigenvalue weighted by Gasteiger charge is 2.26. The summed E-state index contributed by atoms with van der Waals surface area (Å²) in [6, 6.07) is 0. The molecule has 0 aromatic rings. The lowest BCUT2D eigenvalue weighted by Crippen LogP contribution is -2.48. The smallest absolute Gasteiger partial charge is 0.0277 e. The predicted octanol–water partition coefficient (Wildman–Crippen LogP) is 3.03. The van der Waals surface area contributed by atoms with Crippen LogP contribution in [0, 0.1) is 0 Å². The lowest BCUT2D eigenvalue weighted by molar-refractivity contribution is 0.211. The first-order valence-corrected chi connectivity index (χ1v) is 7.17. The summed E-state index contributed by atoms with van der Waals surface area (Å²) in [6.45, 7) is 12.0. The van der Waals surface area contributed by atoms with Gasteiger partial charge in [0.1, 0.15) is 0 Å². The zero-order valence-electron chi connectivity index (χ0n) is 11.5. The topological polar surface area (TPSA) is 15.3 Å². The molecule has 1 rings (SSSR count). The Morgan fingerprint density at radius 1 is 1.19 bits per heavy atom. The third kappa shape index (κ3) is 4.84. The van der Waals surface area contributed by atoms with Crippen LogP contribution in [-0.2, 0) is 0 Å². The highest BCUT2D eigenvalue weighted by molar-refractivity contribution is 4.87. The molecule has 0 saturated carbocycles. The van der Waals surface area contributed by atoms with Gasteiger partial charge < -0.3 is 10.2 Å².